The highest BCUT2D eigenvalue weighted by Crippen LogP contribution is 2.39. The Kier molecular flexibility index (Phi) is 11.1. The summed E-state index contributed by atoms with van der Waals surface area (Å²) in [6.07, 6.45) is 3.66. The number of hydrogen-bond donors (Lipinski definition) is 0. The predicted octanol–water partition coefficient (Wildman–Crippen LogP) is 4.36. The number of esters is 2. The summed E-state index contributed by atoms with van der Waals surface area (Å²) in [6.45, 7) is 8.40. The quantitative estimate of drug-likeness (QED) is 0.512. The van der Waals surface area contributed by atoms with E-state index in [2.05, 4.69) is 9.80 Å². The number of hydrogen-bond acceptors (Lipinski definition) is 9. The van der Waals surface area contributed by atoms with Crippen LogP contribution in [0.25, 0.3) is 0 Å². The molecule has 9 heteroatoms. The molecule has 1 fully saturated rings. The number of carbonyl (C=O) groups is 2. The smallest absolute Gasteiger partial charge is 0.338 e. The van der Waals surface area contributed by atoms with Crippen LogP contribution in [0.4, 0.5) is 0 Å². The van der Waals surface area contributed by atoms with Crippen LogP contribution in [0.5, 0.6) is 17.2 Å². The van der Waals surface area contributed by atoms with Gasteiger partial charge in [0.05, 0.1) is 38.6 Å². The van der Waals surface area contributed by atoms with Gasteiger partial charge in [0, 0.05) is 26.2 Å². The molecular weight excluding hydrogens is 512 g/mol. The first-order valence-electron chi connectivity index (χ1n) is 14.2. The average Bonchev–Trinajstić information content (AvgIpc) is 3.20. The molecule has 0 saturated carbocycles. The van der Waals surface area contributed by atoms with Crippen molar-refractivity contribution in [2.75, 3.05) is 66.7 Å². The Morgan fingerprint density at radius 1 is 0.825 bits per heavy atom. The molecule has 0 aliphatic carbocycles. The van der Waals surface area contributed by atoms with E-state index in [-0.39, 0.29) is 12.1 Å². The number of cyclic esters (lactones) is 1. The number of ether oxygens (including phenoxy) is 5. The van der Waals surface area contributed by atoms with E-state index in [1.807, 2.05) is 31.2 Å². The van der Waals surface area contributed by atoms with E-state index in [0.29, 0.717) is 54.4 Å². The van der Waals surface area contributed by atoms with Crippen molar-refractivity contribution in [3.8, 4) is 17.2 Å². The highest BCUT2D eigenvalue weighted by Gasteiger charge is 2.22. The third-order valence-corrected chi connectivity index (χ3v) is 7.47. The van der Waals surface area contributed by atoms with E-state index in [0.717, 1.165) is 64.1 Å². The fourth-order valence-corrected chi connectivity index (χ4v) is 5.15. The zero-order chi connectivity index (χ0) is 28.3. The van der Waals surface area contributed by atoms with Crippen LogP contribution in [-0.2, 0) is 9.47 Å². The summed E-state index contributed by atoms with van der Waals surface area (Å²) >= 11 is 0. The van der Waals surface area contributed by atoms with Gasteiger partial charge in [-0.1, -0.05) is 17.7 Å². The van der Waals surface area contributed by atoms with Crippen molar-refractivity contribution >= 4 is 11.9 Å². The maximum absolute atomic E-state index is 13.0. The number of rotatable bonds is 4. The van der Waals surface area contributed by atoms with Crippen molar-refractivity contribution in [2.45, 2.75) is 45.1 Å². The molecule has 1 saturated heterocycles. The summed E-state index contributed by atoms with van der Waals surface area (Å²) in [4.78, 5) is 30.7. The molecule has 2 aliphatic heterocycles. The molecule has 0 spiro atoms. The van der Waals surface area contributed by atoms with Gasteiger partial charge in [-0.15, -0.1) is 0 Å². The standard InChI is InChI=1S/C31H42N2O7/c1-23-8-10-24(11-9-23)31(35)40-26-7-4-19-38-28-22-25(21-27(36-2)29(28)37-3)30(34)39-20-6-15-32-13-5-14-33(16-12-26)18-17-32/h8-11,21-22,26H,4-7,12-20H2,1-3H3. The molecule has 218 valence electrons. The van der Waals surface area contributed by atoms with Crippen molar-refractivity contribution in [3.05, 3.63) is 53.1 Å². The topological polar surface area (TPSA) is 86.8 Å². The number of aryl methyl sites for hydroxylation is 1. The van der Waals surface area contributed by atoms with Gasteiger partial charge >= 0.3 is 11.9 Å². The molecule has 2 aromatic carbocycles. The summed E-state index contributed by atoms with van der Waals surface area (Å²) in [5, 5.41) is 0. The Morgan fingerprint density at radius 3 is 2.25 bits per heavy atom. The van der Waals surface area contributed by atoms with E-state index in [1.54, 1.807) is 12.1 Å². The normalized spacial score (nSPS) is 22.9. The summed E-state index contributed by atoms with van der Waals surface area (Å²) in [5.41, 5.74) is 2.00. The Bertz CT molecular complexity index is 1120. The van der Waals surface area contributed by atoms with E-state index >= 15 is 0 Å². The molecule has 0 amide bonds. The van der Waals surface area contributed by atoms with Gasteiger partial charge in [0.15, 0.2) is 11.5 Å². The minimum Gasteiger partial charge on any atom is -0.493 e. The SMILES string of the molecule is COc1cc2cc(c1OC)OCCCC(OC(=O)c1ccc(C)cc1)CCN1CCCN(CCCOC2=O)CC1. The van der Waals surface area contributed by atoms with E-state index in [1.165, 1.54) is 14.2 Å². The van der Waals surface area contributed by atoms with Gasteiger partial charge in [0.25, 0.3) is 0 Å². The first kappa shape index (κ1) is 29.7. The van der Waals surface area contributed by atoms with Crippen molar-refractivity contribution in [1.29, 1.82) is 0 Å². The van der Waals surface area contributed by atoms with Crippen molar-refractivity contribution in [2.24, 2.45) is 0 Å². The van der Waals surface area contributed by atoms with Crippen LogP contribution in [0.3, 0.4) is 0 Å². The second kappa shape index (κ2) is 14.9. The molecule has 4 rings (SSSR count). The van der Waals surface area contributed by atoms with Gasteiger partial charge in [-0.3, -0.25) is 0 Å². The first-order valence-corrected chi connectivity index (χ1v) is 14.2. The molecule has 2 aromatic rings. The Hall–Kier alpha value is -3.30. The van der Waals surface area contributed by atoms with Gasteiger partial charge in [-0.2, -0.15) is 0 Å². The molecule has 9 nitrogen and oxygen atoms in total. The summed E-state index contributed by atoms with van der Waals surface area (Å²) in [6, 6.07) is 10.7. The van der Waals surface area contributed by atoms with Crippen LogP contribution in [0.1, 0.15) is 58.4 Å². The third kappa shape index (κ3) is 8.35. The maximum Gasteiger partial charge on any atom is 0.338 e. The molecule has 2 aliphatic rings. The lowest BCUT2D eigenvalue weighted by Gasteiger charge is -2.24. The molecule has 0 radical (unpaired) electrons. The number of nitrogens with zero attached hydrogens (tertiary/aromatic N) is 2. The second-order valence-electron chi connectivity index (χ2n) is 10.4. The first-order chi connectivity index (χ1) is 19.5. The van der Waals surface area contributed by atoms with Crippen LogP contribution in [0.15, 0.2) is 36.4 Å². The lowest BCUT2D eigenvalue weighted by molar-refractivity contribution is 0.0221. The van der Waals surface area contributed by atoms with Gasteiger partial charge in [0.1, 0.15) is 6.10 Å². The molecule has 3 atom stereocenters. The third-order valence-electron chi connectivity index (χ3n) is 7.47. The summed E-state index contributed by atoms with van der Waals surface area (Å²) in [5.74, 6) is 0.501. The van der Waals surface area contributed by atoms with Gasteiger partial charge < -0.3 is 33.5 Å². The highest BCUT2D eigenvalue weighted by atomic mass is 16.5. The Morgan fingerprint density at radius 2 is 1.52 bits per heavy atom. The van der Waals surface area contributed by atoms with Gasteiger partial charge in [-0.25, -0.2) is 9.59 Å². The number of fused-ring (bicyclic) bond motifs is 5. The predicted molar refractivity (Wildman–Crippen MR) is 152 cm³/mol. The number of methoxy groups -OCH3 is 2. The Labute approximate surface area is 237 Å². The van der Waals surface area contributed by atoms with E-state index in [9.17, 15) is 9.59 Å². The fraction of sp³-hybridized carbons (Fsp3) is 0.548. The lowest BCUT2D eigenvalue weighted by Crippen LogP contribution is -2.34. The van der Waals surface area contributed by atoms with Gasteiger partial charge in [-0.05, 0) is 76.4 Å². The molecule has 0 N–H and O–H groups in total. The van der Waals surface area contributed by atoms with Crippen LogP contribution in [-0.4, -0.2) is 94.5 Å². The highest BCUT2D eigenvalue weighted by molar-refractivity contribution is 5.91. The average molecular weight is 555 g/mol. The van der Waals surface area contributed by atoms with Crippen molar-refractivity contribution in [3.63, 3.8) is 0 Å². The lowest BCUT2D eigenvalue weighted by atomic mass is 10.1. The van der Waals surface area contributed by atoms with E-state index in [4.69, 9.17) is 23.7 Å². The molecule has 40 heavy (non-hydrogen) atoms. The van der Waals surface area contributed by atoms with Crippen molar-refractivity contribution in [1.82, 2.24) is 9.80 Å². The maximum atomic E-state index is 13.0. The summed E-state index contributed by atoms with van der Waals surface area (Å²) < 4.78 is 28.6. The van der Waals surface area contributed by atoms with E-state index < -0.39 is 5.97 Å². The summed E-state index contributed by atoms with van der Waals surface area (Å²) in [7, 11) is 3.05. The molecule has 0 aromatic heterocycles. The Balaban J connectivity index is 1.51. The largest absolute Gasteiger partial charge is 0.493 e. The monoisotopic (exact) mass is 554 g/mol. The molecule has 2 heterocycles. The second-order valence-corrected chi connectivity index (χ2v) is 10.4. The molecule has 4 bridgehead atoms. The number of carbonyl (C=O) groups excluding carboxylic acids is 2. The zero-order valence-electron chi connectivity index (χ0n) is 24.0. The van der Waals surface area contributed by atoms with Crippen LogP contribution < -0.4 is 14.2 Å². The molecule has 3 unspecified atom stereocenters. The zero-order valence-corrected chi connectivity index (χ0v) is 24.0. The van der Waals surface area contributed by atoms with Crippen LogP contribution in [0.2, 0.25) is 0 Å². The van der Waals surface area contributed by atoms with Gasteiger partial charge in [0.2, 0.25) is 5.75 Å². The minimum atomic E-state index is -0.422. The van der Waals surface area contributed by atoms with Crippen LogP contribution in [0, 0.1) is 6.92 Å². The fourth-order valence-electron chi connectivity index (χ4n) is 5.15. The number of benzene rings is 2. The molecular formula is C31H42N2O7. The van der Waals surface area contributed by atoms with Crippen molar-refractivity contribution < 1.29 is 33.3 Å². The van der Waals surface area contributed by atoms with Crippen LogP contribution >= 0.6 is 0 Å². The minimum absolute atomic E-state index is 0.239.